The van der Waals surface area contributed by atoms with E-state index in [0.717, 1.165) is 5.82 Å². The van der Waals surface area contributed by atoms with Gasteiger partial charge in [-0.25, -0.2) is 4.98 Å². The molecule has 74 valence electrons. The molecule has 1 heterocycles. The zero-order valence-electron chi connectivity index (χ0n) is 7.69. The van der Waals surface area contributed by atoms with E-state index in [1.807, 2.05) is 7.05 Å². The molecule has 5 heteroatoms. The van der Waals surface area contributed by atoms with Crippen LogP contribution in [-0.4, -0.2) is 22.1 Å². The van der Waals surface area contributed by atoms with Gasteiger partial charge in [-0.15, -0.1) is 12.4 Å². The second-order valence-electron chi connectivity index (χ2n) is 2.44. The minimum Gasteiger partial charge on any atom is -0.466 e. The number of hydrogen-bond acceptors (Lipinski definition) is 3. The van der Waals surface area contributed by atoms with Gasteiger partial charge < -0.3 is 9.30 Å². The number of carbonyl (C=O) groups is 1. The number of hydrogen-bond donors (Lipinski definition) is 0. The molecule has 0 N–H and O–H groups in total. The van der Waals surface area contributed by atoms with Crippen molar-refractivity contribution in [2.75, 3.05) is 6.61 Å². The van der Waals surface area contributed by atoms with Crippen LogP contribution in [0.25, 0.3) is 0 Å². The van der Waals surface area contributed by atoms with Gasteiger partial charge in [0.15, 0.2) is 0 Å². The predicted molar refractivity (Wildman–Crippen MR) is 50.8 cm³/mol. The minimum atomic E-state index is -0.230. The SMILES string of the molecule is CCOC(=O)Cc1nccn1C.Cl. The molecular formula is C8H13ClN2O2. The molecule has 0 saturated carbocycles. The predicted octanol–water partition coefficient (Wildman–Crippen LogP) is 0.948. The maximum atomic E-state index is 11.0. The zero-order chi connectivity index (χ0) is 8.97. The first kappa shape index (κ1) is 12.0. The fraction of sp³-hybridized carbons (Fsp3) is 0.500. The van der Waals surface area contributed by atoms with Crippen molar-refractivity contribution < 1.29 is 9.53 Å². The molecule has 0 bridgehead atoms. The molecule has 1 aromatic rings. The molecule has 0 aliphatic heterocycles. The van der Waals surface area contributed by atoms with Gasteiger partial charge in [0.05, 0.1) is 6.61 Å². The number of aromatic nitrogens is 2. The smallest absolute Gasteiger partial charge is 0.313 e. The summed E-state index contributed by atoms with van der Waals surface area (Å²) in [5.41, 5.74) is 0. The number of rotatable bonds is 3. The van der Waals surface area contributed by atoms with E-state index in [-0.39, 0.29) is 24.8 Å². The van der Waals surface area contributed by atoms with E-state index in [1.54, 1.807) is 23.9 Å². The highest BCUT2D eigenvalue weighted by Gasteiger charge is 2.06. The van der Waals surface area contributed by atoms with Crippen LogP contribution in [0.1, 0.15) is 12.7 Å². The van der Waals surface area contributed by atoms with Crippen LogP contribution in [0, 0.1) is 0 Å². The van der Waals surface area contributed by atoms with E-state index < -0.39 is 0 Å². The first-order chi connectivity index (χ1) is 5.74. The fourth-order valence-corrected chi connectivity index (χ4v) is 0.908. The van der Waals surface area contributed by atoms with E-state index in [4.69, 9.17) is 4.74 Å². The molecule has 0 spiro atoms. The van der Waals surface area contributed by atoms with Crippen molar-refractivity contribution in [1.82, 2.24) is 9.55 Å². The van der Waals surface area contributed by atoms with Crippen LogP contribution < -0.4 is 0 Å². The Morgan fingerprint density at radius 3 is 2.85 bits per heavy atom. The number of halogens is 1. The molecule has 0 fully saturated rings. The number of esters is 1. The summed E-state index contributed by atoms with van der Waals surface area (Å²) in [5.74, 6) is 0.500. The largest absolute Gasteiger partial charge is 0.466 e. The lowest BCUT2D eigenvalue weighted by atomic mass is 10.4. The third-order valence-electron chi connectivity index (χ3n) is 1.53. The molecular weight excluding hydrogens is 192 g/mol. The van der Waals surface area contributed by atoms with Gasteiger partial charge in [0.2, 0.25) is 0 Å². The lowest BCUT2D eigenvalue weighted by Gasteiger charge is -2.01. The van der Waals surface area contributed by atoms with Crippen molar-refractivity contribution in [1.29, 1.82) is 0 Å². The molecule has 1 aromatic heterocycles. The summed E-state index contributed by atoms with van der Waals surface area (Å²) in [7, 11) is 1.85. The average molecular weight is 205 g/mol. The molecule has 0 amide bonds. The molecule has 0 atom stereocenters. The number of aryl methyl sites for hydroxylation is 1. The van der Waals surface area contributed by atoms with Crippen molar-refractivity contribution >= 4 is 18.4 Å². The fourth-order valence-electron chi connectivity index (χ4n) is 0.908. The van der Waals surface area contributed by atoms with Gasteiger partial charge in [-0.1, -0.05) is 0 Å². The zero-order valence-corrected chi connectivity index (χ0v) is 8.50. The molecule has 0 unspecified atom stereocenters. The molecule has 4 nitrogen and oxygen atoms in total. The molecule has 0 radical (unpaired) electrons. The summed E-state index contributed by atoms with van der Waals surface area (Å²) in [5, 5.41) is 0. The molecule has 1 rings (SSSR count). The Hall–Kier alpha value is -1.03. The van der Waals surface area contributed by atoms with E-state index >= 15 is 0 Å². The number of carbonyl (C=O) groups excluding carboxylic acids is 1. The lowest BCUT2D eigenvalue weighted by Crippen LogP contribution is -2.10. The Morgan fingerprint density at radius 2 is 2.38 bits per heavy atom. The Bertz CT molecular complexity index is 273. The van der Waals surface area contributed by atoms with Crippen LogP contribution in [-0.2, 0) is 23.0 Å². The number of nitrogens with zero attached hydrogens (tertiary/aromatic N) is 2. The van der Waals surface area contributed by atoms with Crippen LogP contribution >= 0.6 is 12.4 Å². The van der Waals surface area contributed by atoms with Crippen molar-refractivity contribution in [2.45, 2.75) is 13.3 Å². The van der Waals surface area contributed by atoms with E-state index in [0.29, 0.717) is 6.61 Å². The second-order valence-corrected chi connectivity index (χ2v) is 2.44. The van der Waals surface area contributed by atoms with Gasteiger partial charge in [-0.3, -0.25) is 4.79 Å². The quantitative estimate of drug-likeness (QED) is 0.689. The number of imidazole rings is 1. The summed E-state index contributed by atoms with van der Waals surface area (Å²) < 4.78 is 6.58. The molecule has 0 aliphatic carbocycles. The highest BCUT2D eigenvalue weighted by molar-refractivity contribution is 5.85. The minimum absolute atomic E-state index is 0. The summed E-state index contributed by atoms with van der Waals surface area (Å²) in [6.07, 6.45) is 3.71. The monoisotopic (exact) mass is 204 g/mol. The normalized spacial score (nSPS) is 9.08. The Kier molecular flexibility index (Phi) is 5.14. The second kappa shape index (κ2) is 5.59. The summed E-state index contributed by atoms with van der Waals surface area (Å²) in [6, 6.07) is 0. The Balaban J connectivity index is 0.00000144. The van der Waals surface area contributed by atoms with Crippen LogP contribution in [0.5, 0.6) is 0 Å². The van der Waals surface area contributed by atoms with E-state index in [2.05, 4.69) is 4.98 Å². The summed E-state index contributed by atoms with van der Waals surface area (Å²) in [4.78, 5) is 15.0. The van der Waals surface area contributed by atoms with Gasteiger partial charge in [-0.05, 0) is 6.92 Å². The molecule has 0 aliphatic rings. The first-order valence-electron chi connectivity index (χ1n) is 3.86. The molecule has 0 aromatic carbocycles. The van der Waals surface area contributed by atoms with E-state index in [1.165, 1.54) is 0 Å². The van der Waals surface area contributed by atoms with Crippen molar-refractivity contribution in [2.24, 2.45) is 7.05 Å². The standard InChI is InChI=1S/C8H12N2O2.ClH/c1-3-12-8(11)6-7-9-4-5-10(7)2;/h4-5H,3,6H2,1-2H3;1H. The third-order valence-corrected chi connectivity index (χ3v) is 1.53. The number of ether oxygens (including phenoxy) is 1. The Morgan fingerprint density at radius 1 is 1.69 bits per heavy atom. The van der Waals surface area contributed by atoms with Crippen LogP contribution in [0.3, 0.4) is 0 Å². The van der Waals surface area contributed by atoms with Gasteiger partial charge in [0.25, 0.3) is 0 Å². The molecule has 0 saturated heterocycles. The van der Waals surface area contributed by atoms with Crippen molar-refractivity contribution in [3.63, 3.8) is 0 Å². The lowest BCUT2D eigenvalue weighted by molar-refractivity contribution is -0.142. The molecule has 13 heavy (non-hydrogen) atoms. The summed E-state index contributed by atoms with van der Waals surface area (Å²) >= 11 is 0. The average Bonchev–Trinajstić information content (AvgIpc) is 2.37. The van der Waals surface area contributed by atoms with Crippen molar-refractivity contribution in [3.05, 3.63) is 18.2 Å². The Labute approximate surface area is 83.3 Å². The van der Waals surface area contributed by atoms with Gasteiger partial charge in [0, 0.05) is 19.4 Å². The first-order valence-corrected chi connectivity index (χ1v) is 3.86. The van der Waals surface area contributed by atoms with Crippen molar-refractivity contribution in [3.8, 4) is 0 Å². The van der Waals surface area contributed by atoms with Gasteiger partial charge in [0.1, 0.15) is 12.2 Å². The summed E-state index contributed by atoms with van der Waals surface area (Å²) in [6.45, 7) is 2.21. The van der Waals surface area contributed by atoms with Gasteiger partial charge >= 0.3 is 5.97 Å². The third kappa shape index (κ3) is 3.46. The van der Waals surface area contributed by atoms with E-state index in [9.17, 15) is 4.79 Å². The van der Waals surface area contributed by atoms with Crippen LogP contribution in [0.15, 0.2) is 12.4 Å². The van der Waals surface area contributed by atoms with Gasteiger partial charge in [-0.2, -0.15) is 0 Å². The topological polar surface area (TPSA) is 44.1 Å². The highest BCUT2D eigenvalue weighted by Crippen LogP contribution is 1.96. The maximum Gasteiger partial charge on any atom is 0.313 e. The maximum absolute atomic E-state index is 11.0. The van der Waals surface area contributed by atoms with Crippen LogP contribution in [0.2, 0.25) is 0 Å². The highest BCUT2D eigenvalue weighted by atomic mass is 35.5. The van der Waals surface area contributed by atoms with Crippen LogP contribution in [0.4, 0.5) is 0 Å².